The highest BCUT2D eigenvalue weighted by Gasteiger charge is 2.49. The highest BCUT2D eigenvalue weighted by Crippen LogP contribution is 2.36. The fourth-order valence-electron chi connectivity index (χ4n) is 2.27. The Bertz CT molecular complexity index is 333. The summed E-state index contributed by atoms with van der Waals surface area (Å²) in [5, 5.41) is 23.6. The van der Waals surface area contributed by atoms with Crippen molar-refractivity contribution in [2.75, 3.05) is 6.54 Å². The maximum atomic E-state index is 10.5. The number of hydrogen-bond acceptors (Lipinski definition) is 3. The molecule has 15 heavy (non-hydrogen) atoms. The van der Waals surface area contributed by atoms with Crippen molar-refractivity contribution in [2.24, 2.45) is 0 Å². The second-order valence-electron chi connectivity index (χ2n) is 4.07. The van der Waals surface area contributed by atoms with Crippen LogP contribution in [-0.4, -0.2) is 34.5 Å². The minimum absolute atomic E-state index is 0.155. The lowest BCUT2D eigenvalue weighted by molar-refractivity contribution is -0.0742. The normalized spacial score (nSPS) is 42.7. The Morgan fingerprint density at radius 2 is 2.40 bits per heavy atom. The number of allylic oxidation sites excluding steroid dienone is 3. The number of fused-ring (bicyclic) bond motifs is 1. The predicted octanol–water partition coefficient (Wildman–Crippen LogP) is 0.513. The highest BCUT2D eigenvalue weighted by molar-refractivity contribution is 5.44. The summed E-state index contributed by atoms with van der Waals surface area (Å²) >= 11 is 0. The van der Waals surface area contributed by atoms with E-state index in [1.807, 2.05) is 37.3 Å². The molecule has 1 fully saturated rings. The summed E-state index contributed by atoms with van der Waals surface area (Å²) in [6.45, 7) is 2.67. The Balaban J connectivity index is 2.32. The van der Waals surface area contributed by atoms with Crippen LogP contribution in [0.1, 0.15) is 13.3 Å². The van der Waals surface area contributed by atoms with Crippen LogP contribution < -0.4 is 5.32 Å². The van der Waals surface area contributed by atoms with Gasteiger partial charge in [-0.1, -0.05) is 30.4 Å². The van der Waals surface area contributed by atoms with Crippen LogP contribution in [0.25, 0.3) is 0 Å². The fourth-order valence-corrected chi connectivity index (χ4v) is 2.27. The summed E-state index contributed by atoms with van der Waals surface area (Å²) in [7, 11) is 0. The summed E-state index contributed by atoms with van der Waals surface area (Å²) in [5.74, 6) is 0. The van der Waals surface area contributed by atoms with Crippen molar-refractivity contribution in [3.05, 3.63) is 36.0 Å². The summed E-state index contributed by atoms with van der Waals surface area (Å²) in [6.07, 6.45) is 9.33. The average Bonchev–Trinajstić information content (AvgIpc) is 2.55. The molecule has 0 spiro atoms. The zero-order valence-electron chi connectivity index (χ0n) is 8.85. The molecular weight excluding hydrogens is 190 g/mol. The lowest BCUT2D eigenvalue weighted by atomic mass is 9.81. The Morgan fingerprint density at radius 3 is 3.13 bits per heavy atom. The SMILES string of the molecule is CC=CC=C1C=CC2NCCC(O)C12O. The Hall–Kier alpha value is -0.900. The molecule has 2 aliphatic rings. The first-order valence-electron chi connectivity index (χ1n) is 5.35. The van der Waals surface area contributed by atoms with Gasteiger partial charge in [0.25, 0.3) is 0 Å². The molecule has 1 aliphatic heterocycles. The van der Waals surface area contributed by atoms with E-state index in [9.17, 15) is 10.2 Å². The van der Waals surface area contributed by atoms with Gasteiger partial charge in [-0.15, -0.1) is 0 Å². The van der Waals surface area contributed by atoms with Crippen LogP contribution in [-0.2, 0) is 0 Å². The molecule has 1 saturated heterocycles. The van der Waals surface area contributed by atoms with Gasteiger partial charge in [0.15, 0.2) is 0 Å². The van der Waals surface area contributed by atoms with E-state index in [0.717, 1.165) is 12.1 Å². The molecule has 82 valence electrons. The third-order valence-electron chi connectivity index (χ3n) is 3.16. The molecule has 3 atom stereocenters. The maximum Gasteiger partial charge on any atom is 0.134 e. The first-order valence-corrected chi connectivity index (χ1v) is 5.35. The van der Waals surface area contributed by atoms with Gasteiger partial charge in [0, 0.05) is 0 Å². The van der Waals surface area contributed by atoms with E-state index >= 15 is 0 Å². The second kappa shape index (κ2) is 3.93. The quantitative estimate of drug-likeness (QED) is 0.587. The van der Waals surface area contributed by atoms with Gasteiger partial charge in [0.2, 0.25) is 0 Å². The molecule has 0 aromatic carbocycles. The minimum Gasteiger partial charge on any atom is -0.390 e. The van der Waals surface area contributed by atoms with Crippen LogP contribution in [0.5, 0.6) is 0 Å². The molecule has 0 amide bonds. The van der Waals surface area contributed by atoms with E-state index in [4.69, 9.17) is 0 Å². The molecule has 0 saturated carbocycles. The van der Waals surface area contributed by atoms with Crippen molar-refractivity contribution in [1.82, 2.24) is 5.32 Å². The van der Waals surface area contributed by atoms with Crippen LogP contribution >= 0.6 is 0 Å². The number of aliphatic hydroxyl groups is 2. The Kier molecular flexibility index (Phi) is 2.78. The van der Waals surface area contributed by atoms with Crippen LogP contribution in [0, 0.1) is 0 Å². The van der Waals surface area contributed by atoms with E-state index in [2.05, 4.69) is 5.32 Å². The molecule has 3 heteroatoms. The highest BCUT2D eigenvalue weighted by atomic mass is 16.3. The molecule has 3 nitrogen and oxygen atoms in total. The number of aliphatic hydroxyl groups excluding tert-OH is 1. The van der Waals surface area contributed by atoms with Crippen molar-refractivity contribution < 1.29 is 10.2 Å². The van der Waals surface area contributed by atoms with Gasteiger partial charge in [0.1, 0.15) is 5.60 Å². The molecule has 1 aliphatic carbocycles. The summed E-state index contributed by atoms with van der Waals surface area (Å²) < 4.78 is 0. The zero-order valence-corrected chi connectivity index (χ0v) is 8.85. The average molecular weight is 207 g/mol. The first kappa shape index (κ1) is 10.6. The van der Waals surface area contributed by atoms with Crippen molar-refractivity contribution in [2.45, 2.75) is 31.1 Å². The van der Waals surface area contributed by atoms with Crippen LogP contribution in [0.3, 0.4) is 0 Å². The van der Waals surface area contributed by atoms with Gasteiger partial charge in [0.05, 0.1) is 12.1 Å². The monoisotopic (exact) mass is 207 g/mol. The summed E-state index contributed by atoms with van der Waals surface area (Å²) in [5.41, 5.74) is -0.358. The summed E-state index contributed by atoms with van der Waals surface area (Å²) in [4.78, 5) is 0. The topological polar surface area (TPSA) is 52.5 Å². The Morgan fingerprint density at radius 1 is 1.60 bits per heavy atom. The molecule has 0 radical (unpaired) electrons. The van der Waals surface area contributed by atoms with Gasteiger partial charge in [-0.25, -0.2) is 0 Å². The molecule has 3 unspecified atom stereocenters. The first-order chi connectivity index (χ1) is 7.19. The van der Waals surface area contributed by atoms with Gasteiger partial charge in [-0.05, 0) is 25.5 Å². The second-order valence-corrected chi connectivity index (χ2v) is 4.07. The van der Waals surface area contributed by atoms with Crippen molar-refractivity contribution >= 4 is 0 Å². The molecule has 0 aromatic heterocycles. The molecule has 3 N–H and O–H groups in total. The van der Waals surface area contributed by atoms with Crippen LogP contribution in [0.2, 0.25) is 0 Å². The van der Waals surface area contributed by atoms with Gasteiger partial charge >= 0.3 is 0 Å². The number of nitrogens with one attached hydrogen (secondary N) is 1. The Labute approximate surface area is 89.8 Å². The molecule has 1 heterocycles. The van der Waals surface area contributed by atoms with E-state index in [0.29, 0.717) is 6.42 Å². The lowest BCUT2D eigenvalue weighted by Crippen LogP contribution is -2.60. The van der Waals surface area contributed by atoms with E-state index < -0.39 is 11.7 Å². The maximum absolute atomic E-state index is 10.5. The third-order valence-corrected chi connectivity index (χ3v) is 3.16. The number of piperidine rings is 1. The summed E-state index contributed by atoms with van der Waals surface area (Å²) in [6, 6.07) is -0.155. The molecular formula is C12H17NO2. The smallest absolute Gasteiger partial charge is 0.134 e. The predicted molar refractivity (Wildman–Crippen MR) is 59.4 cm³/mol. The standard InChI is InChI=1S/C12H17NO2/c1-2-3-4-9-5-6-10-12(9,15)11(14)7-8-13-10/h2-6,10-11,13-15H,7-8H2,1H3. The largest absolute Gasteiger partial charge is 0.390 e. The van der Waals surface area contributed by atoms with Crippen molar-refractivity contribution in [3.63, 3.8) is 0 Å². The van der Waals surface area contributed by atoms with Gasteiger partial charge in [-0.3, -0.25) is 0 Å². The van der Waals surface area contributed by atoms with E-state index in [1.54, 1.807) is 0 Å². The molecule has 0 aromatic rings. The molecule has 2 rings (SSSR count). The van der Waals surface area contributed by atoms with Gasteiger partial charge in [-0.2, -0.15) is 0 Å². The minimum atomic E-state index is -1.14. The number of rotatable bonds is 1. The third kappa shape index (κ3) is 1.57. The van der Waals surface area contributed by atoms with E-state index in [-0.39, 0.29) is 6.04 Å². The van der Waals surface area contributed by atoms with E-state index in [1.165, 1.54) is 0 Å². The van der Waals surface area contributed by atoms with Crippen LogP contribution in [0.4, 0.5) is 0 Å². The van der Waals surface area contributed by atoms with Crippen LogP contribution in [0.15, 0.2) is 36.0 Å². The lowest BCUT2D eigenvalue weighted by Gasteiger charge is -2.40. The van der Waals surface area contributed by atoms with Gasteiger partial charge < -0.3 is 15.5 Å². The van der Waals surface area contributed by atoms with Crippen molar-refractivity contribution in [1.29, 1.82) is 0 Å². The molecule has 0 bridgehead atoms. The van der Waals surface area contributed by atoms with Crippen molar-refractivity contribution in [3.8, 4) is 0 Å². The fraction of sp³-hybridized carbons (Fsp3) is 0.500. The number of hydrogen-bond donors (Lipinski definition) is 3. The zero-order chi connectivity index (χ0) is 10.9.